The molecule has 0 saturated heterocycles. The summed E-state index contributed by atoms with van der Waals surface area (Å²) < 4.78 is 17.7. The summed E-state index contributed by atoms with van der Waals surface area (Å²) in [6, 6.07) is 11.0. The average molecular weight is 418 g/mol. The monoisotopic (exact) mass is 418 g/mol. The molecule has 2 atom stereocenters. The molecule has 5 nitrogen and oxygen atoms in total. The van der Waals surface area contributed by atoms with Crippen molar-refractivity contribution >= 4 is 16.8 Å². The van der Waals surface area contributed by atoms with E-state index in [-0.39, 0.29) is 17.8 Å². The number of methoxy groups -OCH3 is 1. The van der Waals surface area contributed by atoms with Gasteiger partial charge in [0.05, 0.1) is 18.4 Å². The first kappa shape index (κ1) is 20.9. The SMILES string of the molecule is COc1c2c(c(CC=C(C)C)c3oc(=O)cc(-c4ccccc4)c13)O[C@H](C)[C@@H](C)C2=O. The van der Waals surface area contributed by atoms with Gasteiger partial charge in [0, 0.05) is 17.2 Å². The number of Topliss-reactive ketones (excluding diaryl/α,β-unsaturated/α-hetero) is 1. The maximum atomic E-state index is 13.4. The van der Waals surface area contributed by atoms with Gasteiger partial charge in [0.15, 0.2) is 5.78 Å². The van der Waals surface area contributed by atoms with Crippen LogP contribution in [-0.2, 0) is 6.42 Å². The van der Waals surface area contributed by atoms with Crippen molar-refractivity contribution in [1.29, 1.82) is 0 Å². The van der Waals surface area contributed by atoms with Gasteiger partial charge in [0.2, 0.25) is 0 Å². The minimum Gasteiger partial charge on any atom is -0.495 e. The predicted octanol–water partition coefficient (Wildman–Crippen LogP) is 5.58. The molecule has 160 valence electrons. The van der Waals surface area contributed by atoms with Crippen LogP contribution in [0.1, 0.15) is 43.6 Å². The van der Waals surface area contributed by atoms with Gasteiger partial charge in [0.25, 0.3) is 0 Å². The molecular formula is C26H26O5. The van der Waals surface area contributed by atoms with E-state index in [0.29, 0.717) is 45.6 Å². The number of carbonyl (C=O) groups excluding carboxylic acids is 1. The highest BCUT2D eigenvalue weighted by Gasteiger charge is 2.38. The van der Waals surface area contributed by atoms with Crippen molar-refractivity contribution in [1.82, 2.24) is 0 Å². The zero-order valence-electron chi connectivity index (χ0n) is 18.4. The molecule has 0 aliphatic carbocycles. The second-order valence-corrected chi connectivity index (χ2v) is 8.23. The summed E-state index contributed by atoms with van der Waals surface area (Å²) in [4.78, 5) is 26.0. The van der Waals surface area contributed by atoms with Crippen LogP contribution in [0.4, 0.5) is 0 Å². The van der Waals surface area contributed by atoms with Crippen LogP contribution in [0.3, 0.4) is 0 Å². The quantitative estimate of drug-likeness (QED) is 0.409. The lowest BCUT2D eigenvalue weighted by molar-refractivity contribution is 0.0723. The van der Waals surface area contributed by atoms with Gasteiger partial charge in [-0.1, -0.05) is 48.9 Å². The highest BCUT2D eigenvalue weighted by atomic mass is 16.5. The van der Waals surface area contributed by atoms with Crippen LogP contribution in [0.15, 0.2) is 57.3 Å². The summed E-state index contributed by atoms with van der Waals surface area (Å²) in [6.45, 7) is 7.74. The van der Waals surface area contributed by atoms with Crippen LogP contribution in [-0.4, -0.2) is 19.0 Å². The Hall–Kier alpha value is -3.34. The first-order valence-electron chi connectivity index (χ1n) is 10.4. The van der Waals surface area contributed by atoms with Crippen molar-refractivity contribution in [3.63, 3.8) is 0 Å². The summed E-state index contributed by atoms with van der Waals surface area (Å²) in [5.41, 5.74) is 3.67. The maximum absolute atomic E-state index is 13.4. The van der Waals surface area contributed by atoms with Crippen LogP contribution in [0, 0.1) is 5.92 Å². The molecule has 3 aromatic rings. The summed E-state index contributed by atoms with van der Waals surface area (Å²) in [5, 5.41) is 0.614. The average Bonchev–Trinajstić information content (AvgIpc) is 2.75. The van der Waals surface area contributed by atoms with E-state index in [1.165, 1.54) is 13.2 Å². The van der Waals surface area contributed by atoms with E-state index in [1.807, 2.05) is 64.1 Å². The number of benzene rings is 2. The third kappa shape index (κ3) is 3.54. The molecule has 0 amide bonds. The van der Waals surface area contributed by atoms with E-state index in [0.717, 1.165) is 11.1 Å². The smallest absolute Gasteiger partial charge is 0.336 e. The molecular weight excluding hydrogens is 392 g/mol. The van der Waals surface area contributed by atoms with E-state index in [1.54, 1.807) is 0 Å². The Kier molecular flexibility index (Phi) is 5.44. The number of carbonyl (C=O) groups is 1. The lowest BCUT2D eigenvalue weighted by Gasteiger charge is -2.31. The van der Waals surface area contributed by atoms with Gasteiger partial charge in [-0.25, -0.2) is 4.79 Å². The number of hydrogen-bond donors (Lipinski definition) is 0. The molecule has 1 aromatic heterocycles. The molecule has 4 rings (SSSR count). The number of ether oxygens (including phenoxy) is 2. The molecule has 0 saturated carbocycles. The first-order chi connectivity index (χ1) is 14.8. The predicted molar refractivity (Wildman–Crippen MR) is 121 cm³/mol. The zero-order chi connectivity index (χ0) is 22.3. The standard InChI is InChI=1S/C26H26O5/c1-14(2)11-12-18-24-21(19(13-20(27)31-24)17-9-7-6-8-10-17)26(29-5)22-23(28)15(3)16(4)30-25(18)22/h6-11,13,15-16H,12H2,1-5H3/t15-,16-/m1/s1. The van der Waals surface area contributed by atoms with Crippen molar-refractivity contribution in [2.24, 2.45) is 5.92 Å². The van der Waals surface area contributed by atoms with E-state index >= 15 is 0 Å². The van der Waals surface area contributed by atoms with E-state index in [2.05, 4.69) is 0 Å². The number of allylic oxidation sites excluding steroid dienone is 2. The van der Waals surface area contributed by atoms with Crippen molar-refractivity contribution < 1.29 is 18.7 Å². The Morgan fingerprint density at radius 2 is 1.84 bits per heavy atom. The third-order valence-corrected chi connectivity index (χ3v) is 5.86. The highest BCUT2D eigenvalue weighted by Crippen LogP contribution is 2.48. The third-order valence-electron chi connectivity index (χ3n) is 5.86. The topological polar surface area (TPSA) is 65.7 Å². The van der Waals surface area contributed by atoms with Crippen molar-refractivity contribution in [3.05, 3.63) is 69.6 Å². The Morgan fingerprint density at radius 3 is 2.48 bits per heavy atom. The van der Waals surface area contributed by atoms with Gasteiger partial charge in [-0.05, 0) is 32.8 Å². The summed E-state index contributed by atoms with van der Waals surface area (Å²) in [5.74, 6) is 0.491. The fraction of sp³-hybridized carbons (Fsp3) is 0.308. The second kappa shape index (κ2) is 8.06. The Morgan fingerprint density at radius 1 is 1.13 bits per heavy atom. The summed E-state index contributed by atoms with van der Waals surface area (Å²) in [6.07, 6.45) is 2.21. The number of rotatable bonds is 4. The van der Waals surface area contributed by atoms with Gasteiger partial charge in [-0.2, -0.15) is 0 Å². The molecule has 0 spiro atoms. The summed E-state index contributed by atoms with van der Waals surface area (Å²) >= 11 is 0. The minimum atomic E-state index is -0.463. The molecule has 0 radical (unpaired) electrons. The largest absolute Gasteiger partial charge is 0.495 e. The maximum Gasteiger partial charge on any atom is 0.336 e. The van der Waals surface area contributed by atoms with Gasteiger partial charge in [-0.3, -0.25) is 4.79 Å². The second-order valence-electron chi connectivity index (χ2n) is 8.23. The van der Waals surface area contributed by atoms with Crippen LogP contribution < -0.4 is 15.1 Å². The first-order valence-corrected chi connectivity index (χ1v) is 10.4. The van der Waals surface area contributed by atoms with E-state index < -0.39 is 5.63 Å². The van der Waals surface area contributed by atoms with Gasteiger partial charge in [0.1, 0.15) is 28.7 Å². The molecule has 0 bridgehead atoms. The Bertz CT molecular complexity index is 1250. The highest BCUT2D eigenvalue weighted by molar-refractivity contribution is 6.12. The lowest BCUT2D eigenvalue weighted by Crippen LogP contribution is -2.34. The fourth-order valence-corrected chi connectivity index (χ4v) is 4.04. The summed E-state index contributed by atoms with van der Waals surface area (Å²) in [7, 11) is 1.53. The zero-order valence-corrected chi connectivity index (χ0v) is 18.4. The minimum absolute atomic E-state index is 0.0313. The van der Waals surface area contributed by atoms with Gasteiger partial charge in [-0.15, -0.1) is 0 Å². The van der Waals surface area contributed by atoms with Crippen LogP contribution >= 0.6 is 0 Å². The molecule has 0 N–H and O–H groups in total. The molecule has 0 fully saturated rings. The van der Waals surface area contributed by atoms with E-state index in [9.17, 15) is 9.59 Å². The normalized spacial score (nSPS) is 17.8. The van der Waals surface area contributed by atoms with Crippen molar-refractivity contribution in [2.45, 2.75) is 40.2 Å². The molecule has 1 aliphatic rings. The van der Waals surface area contributed by atoms with Crippen molar-refractivity contribution in [3.8, 4) is 22.6 Å². The molecule has 1 aliphatic heterocycles. The van der Waals surface area contributed by atoms with Gasteiger partial charge >= 0.3 is 5.63 Å². The molecule has 31 heavy (non-hydrogen) atoms. The Labute approximate surface area is 181 Å². The fourth-order valence-electron chi connectivity index (χ4n) is 4.04. The number of fused-ring (bicyclic) bond motifs is 2. The number of ketones is 1. The van der Waals surface area contributed by atoms with Gasteiger partial charge < -0.3 is 13.9 Å². The van der Waals surface area contributed by atoms with Crippen molar-refractivity contribution in [2.75, 3.05) is 7.11 Å². The molecule has 2 aromatic carbocycles. The van der Waals surface area contributed by atoms with Crippen LogP contribution in [0.5, 0.6) is 11.5 Å². The molecule has 2 heterocycles. The van der Waals surface area contributed by atoms with Crippen LogP contribution in [0.2, 0.25) is 0 Å². The number of hydrogen-bond acceptors (Lipinski definition) is 5. The van der Waals surface area contributed by atoms with Crippen LogP contribution in [0.25, 0.3) is 22.1 Å². The lowest BCUT2D eigenvalue weighted by atomic mass is 9.86. The molecule has 5 heteroatoms. The molecule has 0 unspecified atom stereocenters. The van der Waals surface area contributed by atoms with E-state index in [4.69, 9.17) is 13.9 Å². The Balaban J connectivity index is 2.20.